The second kappa shape index (κ2) is 10.5. The zero-order chi connectivity index (χ0) is 24.0. The maximum Gasteiger partial charge on any atom is 0.264 e. The summed E-state index contributed by atoms with van der Waals surface area (Å²) in [6.07, 6.45) is 0. The number of carbonyl (C=O) groups excluding carboxylic acids is 1. The van der Waals surface area contributed by atoms with E-state index in [2.05, 4.69) is 5.32 Å². The van der Waals surface area contributed by atoms with E-state index in [1.807, 2.05) is 64.1 Å². The van der Waals surface area contributed by atoms with E-state index in [0.29, 0.717) is 5.69 Å². The van der Waals surface area contributed by atoms with Gasteiger partial charge in [0, 0.05) is 0 Å². The Labute approximate surface area is 196 Å². The van der Waals surface area contributed by atoms with Gasteiger partial charge in [-0.2, -0.15) is 0 Å². The lowest BCUT2D eigenvalue weighted by Gasteiger charge is -2.26. The number of rotatable bonds is 9. The fourth-order valence-electron chi connectivity index (χ4n) is 3.48. The van der Waals surface area contributed by atoms with E-state index >= 15 is 0 Å². The van der Waals surface area contributed by atoms with E-state index in [-0.39, 0.29) is 24.6 Å². The van der Waals surface area contributed by atoms with Crippen molar-refractivity contribution < 1.29 is 17.9 Å². The average Bonchev–Trinajstić information content (AvgIpc) is 2.77. The number of ether oxygens (including phenoxy) is 1. The van der Waals surface area contributed by atoms with Gasteiger partial charge in [-0.15, -0.1) is 0 Å². The molecule has 1 amide bonds. The van der Waals surface area contributed by atoms with Gasteiger partial charge in [-0.1, -0.05) is 53.6 Å². The van der Waals surface area contributed by atoms with Crippen LogP contribution >= 0.6 is 0 Å². The molecule has 3 aromatic rings. The molecule has 7 heteroatoms. The van der Waals surface area contributed by atoms with Gasteiger partial charge in [0.2, 0.25) is 5.91 Å². The van der Waals surface area contributed by atoms with Crippen LogP contribution in [0.4, 0.5) is 5.69 Å². The van der Waals surface area contributed by atoms with Gasteiger partial charge in [0.1, 0.15) is 18.9 Å². The fraction of sp³-hybridized carbons (Fsp3) is 0.269. The molecule has 0 radical (unpaired) electrons. The first-order valence-corrected chi connectivity index (χ1v) is 12.2. The average molecular weight is 467 g/mol. The van der Waals surface area contributed by atoms with Crippen molar-refractivity contribution in [3.05, 3.63) is 89.0 Å². The molecule has 0 aliphatic carbocycles. The molecule has 0 saturated heterocycles. The molecule has 6 nitrogen and oxygen atoms in total. The predicted molar refractivity (Wildman–Crippen MR) is 131 cm³/mol. The number of nitrogens with one attached hydrogen (secondary N) is 1. The molecule has 174 valence electrons. The Bertz CT molecular complexity index is 1220. The maximum atomic E-state index is 13.5. The van der Waals surface area contributed by atoms with Gasteiger partial charge in [-0.3, -0.25) is 9.10 Å². The molecule has 0 saturated carbocycles. The third-order valence-corrected chi connectivity index (χ3v) is 7.07. The number of para-hydroxylation sites is 1. The normalized spacial score (nSPS) is 11.2. The predicted octanol–water partition coefficient (Wildman–Crippen LogP) is 4.31. The zero-order valence-electron chi connectivity index (χ0n) is 19.5. The lowest BCUT2D eigenvalue weighted by molar-refractivity contribution is -0.119. The van der Waals surface area contributed by atoms with Crippen LogP contribution in [0.3, 0.4) is 0 Å². The molecule has 1 N–H and O–H groups in total. The summed E-state index contributed by atoms with van der Waals surface area (Å²) in [7, 11) is -3.94. The van der Waals surface area contributed by atoms with Gasteiger partial charge in [-0.05, 0) is 63.1 Å². The Balaban J connectivity index is 1.76. The van der Waals surface area contributed by atoms with Crippen molar-refractivity contribution in [1.29, 1.82) is 0 Å². The molecule has 3 aromatic carbocycles. The number of benzene rings is 3. The van der Waals surface area contributed by atoms with Crippen LogP contribution in [0.15, 0.2) is 71.6 Å². The van der Waals surface area contributed by atoms with E-state index in [1.54, 1.807) is 30.3 Å². The molecule has 0 spiro atoms. The molecule has 33 heavy (non-hydrogen) atoms. The number of aryl methyl sites for hydroxylation is 4. The van der Waals surface area contributed by atoms with Crippen LogP contribution in [0.25, 0.3) is 0 Å². The molecular formula is C26H30N2O4S. The highest BCUT2D eigenvalue weighted by atomic mass is 32.2. The summed E-state index contributed by atoms with van der Waals surface area (Å²) in [5, 5.41) is 2.77. The minimum atomic E-state index is -3.94. The zero-order valence-corrected chi connectivity index (χ0v) is 20.3. The monoisotopic (exact) mass is 466 g/mol. The van der Waals surface area contributed by atoms with Crippen molar-refractivity contribution in [2.45, 2.75) is 32.6 Å². The van der Waals surface area contributed by atoms with Crippen molar-refractivity contribution >= 4 is 21.6 Å². The molecule has 3 rings (SSSR count). The van der Waals surface area contributed by atoms with E-state index in [0.717, 1.165) is 28.0 Å². The summed E-state index contributed by atoms with van der Waals surface area (Å²) in [5.74, 6) is 0.352. The van der Waals surface area contributed by atoms with Crippen LogP contribution in [0.1, 0.15) is 22.3 Å². The number of hydrogen-bond donors (Lipinski definition) is 1. The summed E-state index contributed by atoms with van der Waals surface area (Å²) in [5.41, 5.74) is 4.24. The van der Waals surface area contributed by atoms with Crippen molar-refractivity contribution in [3.8, 4) is 5.75 Å². The van der Waals surface area contributed by atoms with Gasteiger partial charge in [0.15, 0.2) is 0 Å². The molecule has 0 aromatic heterocycles. The fourth-order valence-corrected chi connectivity index (χ4v) is 4.96. The Morgan fingerprint density at radius 2 is 1.55 bits per heavy atom. The minimum absolute atomic E-state index is 0.142. The van der Waals surface area contributed by atoms with Gasteiger partial charge in [-0.25, -0.2) is 8.42 Å². The van der Waals surface area contributed by atoms with E-state index in [9.17, 15) is 13.2 Å². The molecule has 0 aliphatic rings. The standard InChI is InChI=1S/C26H30N2O4S/c1-19-9-12-23(13-10-19)33(30,31)28(24-14-11-20(2)17-22(24)4)18-26(29)27-15-16-32-25-8-6-5-7-21(25)3/h5-14,17H,15-16,18H2,1-4H3,(H,27,29). The second-order valence-corrected chi connectivity index (χ2v) is 9.94. The van der Waals surface area contributed by atoms with Crippen molar-refractivity contribution in [1.82, 2.24) is 5.32 Å². The van der Waals surface area contributed by atoms with Crippen LogP contribution in [0, 0.1) is 27.7 Å². The van der Waals surface area contributed by atoms with E-state index in [4.69, 9.17) is 4.74 Å². The first-order valence-electron chi connectivity index (χ1n) is 10.8. The highest BCUT2D eigenvalue weighted by molar-refractivity contribution is 7.92. The molecule has 0 aliphatic heterocycles. The minimum Gasteiger partial charge on any atom is -0.491 e. The van der Waals surface area contributed by atoms with Gasteiger partial charge >= 0.3 is 0 Å². The molecule has 0 unspecified atom stereocenters. The van der Waals surface area contributed by atoms with Crippen LogP contribution in [0.5, 0.6) is 5.75 Å². The quantitative estimate of drug-likeness (QED) is 0.477. The lowest BCUT2D eigenvalue weighted by Crippen LogP contribution is -2.42. The summed E-state index contributed by atoms with van der Waals surface area (Å²) in [4.78, 5) is 12.9. The maximum absolute atomic E-state index is 13.5. The van der Waals surface area contributed by atoms with Crippen molar-refractivity contribution in [2.24, 2.45) is 0 Å². The van der Waals surface area contributed by atoms with E-state index < -0.39 is 15.9 Å². The van der Waals surface area contributed by atoms with Crippen LogP contribution in [0.2, 0.25) is 0 Å². The third-order valence-electron chi connectivity index (χ3n) is 5.29. The molecular weight excluding hydrogens is 436 g/mol. The van der Waals surface area contributed by atoms with E-state index in [1.165, 1.54) is 4.31 Å². The Kier molecular flexibility index (Phi) is 7.76. The number of carbonyl (C=O) groups is 1. The molecule has 0 heterocycles. The Hall–Kier alpha value is -3.32. The molecule has 0 bridgehead atoms. The largest absolute Gasteiger partial charge is 0.491 e. The molecule has 0 atom stereocenters. The van der Waals surface area contributed by atoms with Gasteiger partial charge in [0.05, 0.1) is 17.1 Å². The number of anilines is 1. The Morgan fingerprint density at radius 3 is 2.21 bits per heavy atom. The first kappa shape index (κ1) is 24.3. The molecule has 0 fully saturated rings. The highest BCUT2D eigenvalue weighted by Crippen LogP contribution is 2.27. The SMILES string of the molecule is Cc1ccc(S(=O)(=O)N(CC(=O)NCCOc2ccccc2C)c2ccc(C)cc2C)cc1. The number of nitrogens with zero attached hydrogens (tertiary/aromatic N) is 1. The Morgan fingerprint density at radius 1 is 0.879 bits per heavy atom. The number of amides is 1. The first-order chi connectivity index (χ1) is 15.7. The van der Waals surface area contributed by atoms with Crippen molar-refractivity contribution in [3.63, 3.8) is 0 Å². The summed E-state index contributed by atoms with van der Waals surface area (Å²) >= 11 is 0. The van der Waals surface area contributed by atoms with Gasteiger partial charge < -0.3 is 10.1 Å². The summed E-state index contributed by atoms with van der Waals surface area (Å²) in [6, 6.07) is 19.7. The van der Waals surface area contributed by atoms with Crippen LogP contribution < -0.4 is 14.4 Å². The summed E-state index contributed by atoms with van der Waals surface area (Å²) in [6.45, 7) is 7.84. The second-order valence-electron chi connectivity index (χ2n) is 8.08. The van der Waals surface area contributed by atoms with Crippen LogP contribution in [-0.4, -0.2) is 34.0 Å². The van der Waals surface area contributed by atoms with Gasteiger partial charge in [0.25, 0.3) is 10.0 Å². The lowest BCUT2D eigenvalue weighted by atomic mass is 10.1. The number of sulfonamides is 1. The topological polar surface area (TPSA) is 75.7 Å². The summed E-state index contributed by atoms with van der Waals surface area (Å²) < 4.78 is 33.9. The third kappa shape index (κ3) is 6.14. The smallest absolute Gasteiger partial charge is 0.264 e. The van der Waals surface area contributed by atoms with Crippen molar-refractivity contribution in [2.75, 3.05) is 24.0 Å². The number of hydrogen-bond acceptors (Lipinski definition) is 4. The van der Waals surface area contributed by atoms with Crippen LogP contribution in [-0.2, 0) is 14.8 Å². The highest BCUT2D eigenvalue weighted by Gasteiger charge is 2.28.